The van der Waals surface area contributed by atoms with Gasteiger partial charge in [-0.3, -0.25) is 24.4 Å². The normalized spacial score (nSPS) is 14.6. The standard InChI is InChI=1S/C22H27N7O3/c1-3-29-17(10-13(2)27-29)21(32)26-22-25-16-12-15(20(23)31)11-14-6-4-7-18(30)24-8-5-9-28(22)19(14)16/h10-12H,3-9H2,1-2H3,(H2,23,31)(H,24,30)(H,25,26,32). The molecule has 0 aliphatic carbocycles. The first kappa shape index (κ1) is 21.5. The number of imidazole rings is 1. The predicted molar refractivity (Wildman–Crippen MR) is 119 cm³/mol. The fraction of sp³-hybridized carbons (Fsp3) is 0.409. The van der Waals surface area contributed by atoms with Gasteiger partial charge in [0.1, 0.15) is 5.69 Å². The molecular weight excluding hydrogens is 410 g/mol. The van der Waals surface area contributed by atoms with Crippen LogP contribution in [-0.4, -0.2) is 43.6 Å². The van der Waals surface area contributed by atoms with Gasteiger partial charge in [0.15, 0.2) is 0 Å². The third-order valence-electron chi connectivity index (χ3n) is 5.60. The Morgan fingerprint density at radius 1 is 1.22 bits per heavy atom. The second-order valence-electron chi connectivity index (χ2n) is 7.95. The summed E-state index contributed by atoms with van der Waals surface area (Å²) >= 11 is 0. The third-order valence-corrected chi connectivity index (χ3v) is 5.60. The van der Waals surface area contributed by atoms with Crippen molar-refractivity contribution in [3.05, 3.63) is 40.7 Å². The van der Waals surface area contributed by atoms with Gasteiger partial charge in [0, 0.05) is 31.6 Å². The molecule has 1 aliphatic rings. The largest absolute Gasteiger partial charge is 0.366 e. The SMILES string of the molecule is CCn1nc(C)cc1C(=O)Nc1nc2cc(C(N)=O)cc3c2n1CCCNC(=O)CCC3. The van der Waals surface area contributed by atoms with Crippen molar-refractivity contribution in [1.82, 2.24) is 24.6 Å². The number of nitrogens with two attached hydrogens (primary N) is 1. The first-order valence-corrected chi connectivity index (χ1v) is 10.8. The summed E-state index contributed by atoms with van der Waals surface area (Å²) in [5.41, 5.74) is 9.42. The molecule has 0 saturated heterocycles. The lowest BCUT2D eigenvalue weighted by Crippen LogP contribution is -2.25. The van der Waals surface area contributed by atoms with E-state index < -0.39 is 5.91 Å². The molecule has 3 aromatic rings. The first-order chi connectivity index (χ1) is 15.4. The lowest BCUT2D eigenvalue weighted by atomic mass is 10.0. The molecule has 0 atom stereocenters. The van der Waals surface area contributed by atoms with Crippen molar-refractivity contribution in [3.8, 4) is 0 Å². The highest BCUT2D eigenvalue weighted by Crippen LogP contribution is 2.28. The van der Waals surface area contributed by atoms with Crippen LogP contribution in [0.3, 0.4) is 0 Å². The Hall–Kier alpha value is -3.69. The zero-order chi connectivity index (χ0) is 22.8. The van der Waals surface area contributed by atoms with Crippen molar-refractivity contribution in [2.75, 3.05) is 11.9 Å². The third kappa shape index (κ3) is 4.20. The van der Waals surface area contributed by atoms with E-state index in [1.807, 2.05) is 18.4 Å². The summed E-state index contributed by atoms with van der Waals surface area (Å²) in [6.45, 7) is 5.40. The molecule has 2 aromatic heterocycles. The van der Waals surface area contributed by atoms with Crippen LogP contribution in [0.1, 0.15) is 58.3 Å². The number of carbonyl (C=O) groups is 3. The van der Waals surface area contributed by atoms with Gasteiger partial charge in [0.05, 0.1) is 16.7 Å². The number of primary amides is 1. The number of anilines is 1. The van der Waals surface area contributed by atoms with Gasteiger partial charge < -0.3 is 15.6 Å². The lowest BCUT2D eigenvalue weighted by Gasteiger charge is -2.12. The average Bonchev–Trinajstić information content (AvgIpc) is 3.29. The zero-order valence-electron chi connectivity index (χ0n) is 18.3. The second kappa shape index (κ2) is 8.81. The van der Waals surface area contributed by atoms with Crippen LogP contribution in [0.25, 0.3) is 11.0 Å². The van der Waals surface area contributed by atoms with Gasteiger partial charge in [-0.25, -0.2) is 4.98 Å². The quantitative estimate of drug-likeness (QED) is 0.571. The topological polar surface area (TPSA) is 137 Å². The minimum Gasteiger partial charge on any atom is -0.366 e. The van der Waals surface area contributed by atoms with Gasteiger partial charge in [-0.05, 0) is 56.9 Å². The maximum atomic E-state index is 13.0. The number of nitrogens with one attached hydrogen (secondary N) is 2. The molecule has 0 saturated carbocycles. The number of hydrogen-bond acceptors (Lipinski definition) is 5. The number of hydrogen-bond donors (Lipinski definition) is 3. The number of aromatic nitrogens is 4. The van der Waals surface area contributed by atoms with Gasteiger partial charge in [-0.1, -0.05) is 0 Å². The smallest absolute Gasteiger partial charge is 0.276 e. The van der Waals surface area contributed by atoms with Crippen molar-refractivity contribution in [2.45, 2.75) is 52.6 Å². The fourth-order valence-electron chi connectivity index (χ4n) is 4.13. The minimum absolute atomic E-state index is 0.00808. The summed E-state index contributed by atoms with van der Waals surface area (Å²) in [5, 5.41) is 10.2. The molecule has 4 rings (SSSR count). The molecule has 4 N–H and O–H groups in total. The van der Waals surface area contributed by atoms with Crippen LogP contribution in [-0.2, 0) is 24.3 Å². The highest BCUT2D eigenvalue weighted by molar-refractivity contribution is 6.04. The highest BCUT2D eigenvalue weighted by Gasteiger charge is 2.21. The van der Waals surface area contributed by atoms with Gasteiger partial charge in [-0.15, -0.1) is 0 Å². The Balaban J connectivity index is 1.79. The number of aryl methyl sites for hydroxylation is 4. The Morgan fingerprint density at radius 3 is 2.78 bits per heavy atom. The van der Waals surface area contributed by atoms with Crippen LogP contribution in [0.4, 0.5) is 5.95 Å². The molecule has 3 amide bonds. The summed E-state index contributed by atoms with van der Waals surface area (Å²) in [5.74, 6) is -0.454. The Labute approximate surface area is 185 Å². The van der Waals surface area contributed by atoms with E-state index in [9.17, 15) is 14.4 Å². The maximum Gasteiger partial charge on any atom is 0.276 e. The molecule has 0 unspecified atom stereocenters. The second-order valence-corrected chi connectivity index (χ2v) is 7.95. The van der Waals surface area contributed by atoms with Crippen LogP contribution < -0.4 is 16.4 Å². The van der Waals surface area contributed by atoms with Crippen molar-refractivity contribution >= 4 is 34.7 Å². The maximum absolute atomic E-state index is 13.0. The van der Waals surface area contributed by atoms with E-state index in [-0.39, 0.29) is 11.8 Å². The van der Waals surface area contributed by atoms with E-state index in [0.29, 0.717) is 68.0 Å². The molecule has 0 bridgehead atoms. The van der Waals surface area contributed by atoms with Crippen LogP contribution in [0.15, 0.2) is 18.2 Å². The zero-order valence-corrected chi connectivity index (χ0v) is 18.3. The monoisotopic (exact) mass is 437 g/mol. The number of benzene rings is 1. The van der Waals surface area contributed by atoms with Gasteiger partial charge in [0.25, 0.3) is 5.91 Å². The Morgan fingerprint density at radius 2 is 2.03 bits per heavy atom. The molecule has 0 spiro atoms. The molecule has 0 fully saturated rings. The van der Waals surface area contributed by atoms with E-state index in [1.54, 1.807) is 22.9 Å². The first-order valence-electron chi connectivity index (χ1n) is 10.8. The van der Waals surface area contributed by atoms with Gasteiger partial charge in [-0.2, -0.15) is 5.10 Å². The van der Waals surface area contributed by atoms with Crippen LogP contribution in [0, 0.1) is 6.92 Å². The fourth-order valence-corrected chi connectivity index (χ4v) is 4.13. The molecule has 1 aromatic carbocycles. The molecule has 168 valence electrons. The highest BCUT2D eigenvalue weighted by atomic mass is 16.2. The van der Waals surface area contributed by atoms with Gasteiger partial charge in [0.2, 0.25) is 17.8 Å². The molecular formula is C22H27N7O3. The van der Waals surface area contributed by atoms with E-state index in [0.717, 1.165) is 16.8 Å². The van der Waals surface area contributed by atoms with E-state index >= 15 is 0 Å². The van der Waals surface area contributed by atoms with Crippen molar-refractivity contribution in [3.63, 3.8) is 0 Å². The van der Waals surface area contributed by atoms with Gasteiger partial charge >= 0.3 is 0 Å². The van der Waals surface area contributed by atoms with Crippen molar-refractivity contribution in [1.29, 1.82) is 0 Å². The predicted octanol–water partition coefficient (Wildman–Crippen LogP) is 1.75. The van der Waals surface area contributed by atoms with E-state index in [4.69, 9.17) is 5.73 Å². The minimum atomic E-state index is -0.544. The molecule has 1 aliphatic heterocycles. The summed E-state index contributed by atoms with van der Waals surface area (Å²) < 4.78 is 3.59. The summed E-state index contributed by atoms with van der Waals surface area (Å²) in [6, 6.07) is 5.15. The number of carbonyl (C=O) groups excluding carboxylic acids is 3. The Bertz CT molecular complexity index is 1210. The van der Waals surface area contributed by atoms with Crippen molar-refractivity contribution < 1.29 is 14.4 Å². The van der Waals surface area contributed by atoms with E-state index in [1.165, 1.54) is 0 Å². The average molecular weight is 438 g/mol. The summed E-state index contributed by atoms with van der Waals surface area (Å²) in [4.78, 5) is 41.6. The number of rotatable bonds is 4. The van der Waals surface area contributed by atoms with Crippen LogP contribution in [0.2, 0.25) is 0 Å². The van der Waals surface area contributed by atoms with Crippen molar-refractivity contribution in [2.24, 2.45) is 5.73 Å². The number of nitrogens with zero attached hydrogens (tertiary/aromatic N) is 4. The molecule has 32 heavy (non-hydrogen) atoms. The molecule has 10 heteroatoms. The molecule has 10 nitrogen and oxygen atoms in total. The summed E-state index contributed by atoms with van der Waals surface area (Å²) in [6.07, 6.45) is 2.29. The molecule has 0 radical (unpaired) electrons. The summed E-state index contributed by atoms with van der Waals surface area (Å²) in [7, 11) is 0. The Kier molecular flexibility index (Phi) is 5.93. The van der Waals surface area contributed by atoms with Crippen LogP contribution >= 0.6 is 0 Å². The molecule has 3 heterocycles. The van der Waals surface area contributed by atoms with E-state index in [2.05, 4.69) is 20.7 Å². The lowest BCUT2D eigenvalue weighted by molar-refractivity contribution is -0.121. The number of amides is 3. The van der Waals surface area contributed by atoms with Crippen LogP contribution in [0.5, 0.6) is 0 Å².